The van der Waals surface area contributed by atoms with Crippen molar-refractivity contribution in [2.24, 2.45) is 0 Å². The standard InChI is InChI=1S/C15H22N2O3/c1-16-7-8-17(2)15(18)6-4-12-3-5-13-14(11-12)20-10-9-19-13/h3,5,11,16H,4,6-10H2,1-2H3. The summed E-state index contributed by atoms with van der Waals surface area (Å²) in [7, 11) is 3.72. The first kappa shape index (κ1) is 14.7. The molecule has 0 spiro atoms. The molecule has 0 radical (unpaired) electrons. The van der Waals surface area contributed by atoms with Crippen molar-refractivity contribution in [1.29, 1.82) is 0 Å². The van der Waals surface area contributed by atoms with Gasteiger partial charge in [-0.15, -0.1) is 0 Å². The van der Waals surface area contributed by atoms with Crippen molar-refractivity contribution in [2.45, 2.75) is 12.8 Å². The first-order chi connectivity index (χ1) is 9.70. The number of carbonyl (C=O) groups excluding carboxylic acids is 1. The maximum absolute atomic E-state index is 12.0. The Morgan fingerprint density at radius 3 is 2.80 bits per heavy atom. The maximum atomic E-state index is 12.0. The summed E-state index contributed by atoms with van der Waals surface area (Å²) in [4.78, 5) is 13.7. The van der Waals surface area contributed by atoms with Crippen molar-refractivity contribution in [2.75, 3.05) is 40.4 Å². The molecule has 1 aromatic carbocycles. The van der Waals surface area contributed by atoms with Gasteiger partial charge >= 0.3 is 0 Å². The molecule has 20 heavy (non-hydrogen) atoms. The topological polar surface area (TPSA) is 50.8 Å². The van der Waals surface area contributed by atoms with Crippen LogP contribution in [0.1, 0.15) is 12.0 Å². The smallest absolute Gasteiger partial charge is 0.222 e. The van der Waals surface area contributed by atoms with Gasteiger partial charge in [0.2, 0.25) is 5.91 Å². The van der Waals surface area contributed by atoms with E-state index in [9.17, 15) is 4.79 Å². The van der Waals surface area contributed by atoms with E-state index in [0.717, 1.165) is 36.6 Å². The molecule has 2 rings (SSSR count). The number of ether oxygens (including phenoxy) is 2. The Hall–Kier alpha value is -1.75. The van der Waals surface area contributed by atoms with Crippen LogP contribution in [0, 0.1) is 0 Å². The SMILES string of the molecule is CNCCN(C)C(=O)CCc1ccc2c(c1)OCCO2. The quantitative estimate of drug-likeness (QED) is 0.845. The third-order valence-electron chi connectivity index (χ3n) is 3.36. The number of carbonyl (C=O) groups is 1. The van der Waals surface area contributed by atoms with Gasteiger partial charge in [-0.25, -0.2) is 0 Å². The maximum Gasteiger partial charge on any atom is 0.222 e. The van der Waals surface area contributed by atoms with Gasteiger partial charge in [0.15, 0.2) is 11.5 Å². The largest absolute Gasteiger partial charge is 0.486 e. The van der Waals surface area contributed by atoms with Gasteiger partial charge in [-0.1, -0.05) is 6.07 Å². The Morgan fingerprint density at radius 1 is 1.30 bits per heavy atom. The first-order valence-electron chi connectivity index (χ1n) is 6.98. The lowest BCUT2D eigenvalue weighted by Crippen LogP contribution is -2.32. The molecule has 0 atom stereocenters. The number of hydrogen-bond acceptors (Lipinski definition) is 4. The predicted octanol–water partition coefficient (Wildman–Crippen LogP) is 1.07. The second-order valence-electron chi connectivity index (χ2n) is 4.90. The average Bonchev–Trinajstić information content (AvgIpc) is 2.50. The summed E-state index contributed by atoms with van der Waals surface area (Å²) in [6, 6.07) is 5.88. The van der Waals surface area contributed by atoms with E-state index < -0.39 is 0 Å². The summed E-state index contributed by atoms with van der Waals surface area (Å²) in [5.74, 6) is 1.73. The zero-order valence-electron chi connectivity index (χ0n) is 12.1. The van der Waals surface area contributed by atoms with Crippen LogP contribution < -0.4 is 14.8 Å². The van der Waals surface area contributed by atoms with Crippen LogP contribution >= 0.6 is 0 Å². The Bertz CT molecular complexity index is 462. The Balaban J connectivity index is 1.86. The highest BCUT2D eigenvalue weighted by atomic mass is 16.6. The van der Waals surface area contributed by atoms with E-state index in [-0.39, 0.29) is 5.91 Å². The molecule has 0 saturated heterocycles. The molecule has 1 aromatic rings. The summed E-state index contributed by atoms with van der Waals surface area (Å²) in [5, 5.41) is 3.04. The number of nitrogens with zero attached hydrogens (tertiary/aromatic N) is 1. The molecule has 5 nitrogen and oxygen atoms in total. The lowest BCUT2D eigenvalue weighted by atomic mass is 10.1. The highest BCUT2D eigenvalue weighted by Gasteiger charge is 2.13. The van der Waals surface area contributed by atoms with Gasteiger partial charge < -0.3 is 19.7 Å². The summed E-state index contributed by atoms with van der Waals surface area (Å²) in [5.41, 5.74) is 1.10. The van der Waals surface area contributed by atoms with Gasteiger partial charge in [-0.3, -0.25) is 4.79 Å². The molecule has 110 valence electrons. The van der Waals surface area contributed by atoms with E-state index in [1.807, 2.05) is 32.3 Å². The van der Waals surface area contributed by atoms with Gasteiger partial charge in [-0.2, -0.15) is 0 Å². The number of aryl methyl sites for hydroxylation is 1. The van der Waals surface area contributed by atoms with Gasteiger partial charge in [0.25, 0.3) is 0 Å². The molecule has 1 aliphatic heterocycles. The van der Waals surface area contributed by atoms with Crippen molar-refractivity contribution < 1.29 is 14.3 Å². The van der Waals surface area contributed by atoms with Crippen molar-refractivity contribution in [1.82, 2.24) is 10.2 Å². The van der Waals surface area contributed by atoms with Crippen molar-refractivity contribution in [3.63, 3.8) is 0 Å². The number of amides is 1. The fraction of sp³-hybridized carbons (Fsp3) is 0.533. The van der Waals surface area contributed by atoms with E-state index in [2.05, 4.69) is 5.32 Å². The van der Waals surface area contributed by atoms with Crippen LogP contribution in [0.15, 0.2) is 18.2 Å². The number of benzene rings is 1. The third kappa shape index (κ3) is 3.87. The predicted molar refractivity (Wildman–Crippen MR) is 77.3 cm³/mol. The monoisotopic (exact) mass is 278 g/mol. The minimum absolute atomic E-state index is 0.162. The van der Waals surface area contributed by atoms with E-state index >= 15 is 0 Å². The van der Waals surface area contributed by atoms with E-state index in [0.29, 0.717) is 19.6 Å². The van der Waals surface area contributed by atoms with E-state index in [4.69, 9.17) is 9.47 Å². The second-order valence-corrected chi connectivity index (χ2v) is 4.90. The van der Waals surface area contributed by atoms with Crippen LogP contribution in [0.2, 0.25) is 0 Å². The number of nitrogens with one attached hydrogen (secondary N) is 1. The minimum atomic E-state index is 0.162. The van der Waals surface area contributed by atoms with Crippen LogP contribution in [-0.4, -0.2) is 51.2 Å². The van der Waals surface area contributed by atoms with Gasteiger partial charge in [0.05, 0.1) is 0 Å². The molecule has 0 fully saturated rings. The highest BCUT2D eigenvalue weighted by molar-refractivity contribution is 5.76. The summed E-state index contributed by atoms with van der Waals surface area (Å²) in [6.45, 7) is 2.73. The molecule has 0 bridgehead atoms. The van der Waals surface area contributed by atoms with Crippen molar-refractivity contribution in [3.8, 4) is 11.5 Å². The molecule has 0 aromatic heterocycles. The fourth-order valence-corrected chi connectivity index (χ4v) is 2.09. The van der Waals surface area contributed by atoms with Gasteiger partial charge in [0.1, 0.15) is 13.2 Å². The van der Waals surface area contributed by atoms with Crippen LogP contribution in [0.3, 0.4) is 0 Å². The van der Waals surface area contributed by atoms with Crippen LogP contribution in [0.4, 0.5) is 0 Å². The zero-order valence-corrected chi connectivity index (χ0v) is 12.1. The van der Waals surface area contributed by atoms with E-state index in [1.165, 1.54) is 0 Å². The fourth-order valence-electron chi connectivity index (χ4n) is 2.09. The summed E-state index contributed by atoms with van der Waals surface area (Å²) in [6.07, 6.45) is 1.24. The minimum Gasteiger partial charge on any atom is -0.486 e. The molecule has 0 aliphatic carbocycles. The van der Waals surface area contributed by atoms with Crippen LogP contribution in [0.5, 0.6) is 11.5 Å². The zero-order chi connectivity index (χ0) is 14.4. The molecule has 1 aliphatic rings. The lowest BCUT2D eigenvalue weighted by molar-refractivity contribution is -0.129. The average molecular weight is 278 g/mol. The molecule has 0 saturated carbocycles. The van der Waals surface area contributed by atoms with Gasteiger partial charge in [-0.05, 0) is 31.2 Å². The van der Waals surface area contributed by atoms with Crippen molar-refractivity contribution in [3.05, 3.63) is 23.8 Å². The molecule has 1 amide bonds. The Morgan fingerprint density at radius 2 is 2.05 bits per heavy atom. The molecule has 1 N–H and O–H groups in total. The molecule has 0 unspecified atom stereocenters. The van der Waals surface area contributed by atoms with Crippen molar-refractivity contribution >= 4 is 5.91 Å². The molecular weight excluding hydrogens is 256 g/mol. The summed E-state index contributed by atoms with van der Waals surface area (Å²) < 4.78 is 11.0. The van der Waals surface area contributed by atoms with Crippen LogP contribution in [-0.2, 0) is 11.2 Å². The second kappa shape index (κ2) is 7.14. The van der Waals surface area contributed by atoms with Crippen LogP contribution in [0.25, 0.3) is 0 Å². The first-order valence-corrected chi connectivity index (χ1v) is 6.98. The normalized spacial score (nSPS) is 13.1. The molecule has 5 heteroatoms. The number of likely N-dealkylation sites (N-methyl/N-ethyl adjacent to an activating group) is 2. The lowest BCUT2D eigenvalue weighted by Gasteiger charge is -2.19. The highest BCUT2D eigenvalue weighted by Crippen LogP contribution is 2.31. The van der Waals surface area contributed by atoms with Gasteiger partial charge in [0, 0.05) is 26.6 Å². The van der Waals surface area contributed by atoms with E-state index in [1.54, 1.807) is 4.90 Å². The number of rotatable bonds is 6. The third-order valence-corrected chi connectivity index (χ3v) is 3.36. The molecule has 1 heterocycles. The molecular formula is C15H22N2O3. The Kier molecular flexibility index (Phi) is 5.24. The Labute approximate surface area is 119 Å². The summed E-state index contributed by atoms with van der Waals surface area (Å²) >= 11 is 0. The number of hydrogen-bond donors (Lipinski definition) is 1. The number of fused-ring (bicyclic) bond motifs is 1.